The molecule has 28 heavy (non-hydrogen) atoms. The van der Waals surface area contributed by atoms with E-state index in [9.17, 15) is 4.79 Å². The van der Waals surface area contributed by atoms with Gasteiger partial charge in [0.25, 0.3) is 0 Å². The van der Waals surface area contributed by atoms with Crippen LogP contribution in [0.1, 0.15) is 27.0 Å². The van der Waals surface area contributed by atoms with Gasteiger partial charge in [-0.25, -0.2) is 0 Å². The average molecular weight is 374 g/mol. The second-order valence-electron chi connectivity index (χ2n) is 7.53. The van der Waals surface area contributed by atoms with Crippen molar-refractivity contribution in [1.29, 1.82) is 0 Å². The van der Waals surface area contributed by atoms with Gasteiger partial charge in [-0.3, -0.25) is 9.79 Å². The average Bonchev–Trinajstić information content (AvgIpc) is 2.70. The van der Waals surface area contributed by atoms with Crippen LogP contribution in [0.25, 0.3) is 5.57 Å². The number of hydrogen-bond donors (Lipinski definition) is 1. The van der Waals surface area contributed by atoms with Gasteiger partial charge in [0, 0.05) is 50.0 Å². The molecule has 2 aromatic carbocycles. The van der Waals surface area contributed by atoms with Gasteiger partial charge in [-0.15, -0.1) is 0 Å². The fourth-order valence-electron chi connectivity index (χ4n) is 4.11. The van der Waals surface area contributed by atoms with Crippen molar-refractivity contribution in [3.63, 3.8) is 0 Å². The lowest BCUT2D eigenvalue weighted by molar-refractivity contribution is 0.105. The quantitative estimate of drug-likeness (QED) is 0.878. The number of piperazine rings is 1. The van der Waals surface area contributed by atoms with Crippen LogP contribution in [-0.4, -0.2) is 56.7 Å². The van der Waals surface area contributed by atoms with Gasteiger partial charge in [0.2, 0.25) is 0 Å². The van der Waals surface area contributed by atoms with Gasteiger partial charge in [-0.1, -0.05) is 30.3 Å². The van der Waals surface area contributed by atoms with Gasteiger partial charge >= 0.3 is 0 Å². The molecule has 0 radical (unpaired) electrons. The molecule has 0 saturated carbocycles. The van der Waals surface area contributed by atoms with E-state index in [2.05, 4.69) is 34.0 Å². The molecule has 0 spiro atoms. The summed E-state index contributed by atoms with van der Waals surface area (Å²) in [5, 5.41) is 0. The number of benzene rings is 2. The second-order valence-corrected chi connectivity index (χ2v) is 7.53. The molecule has 2 aromatic rings. The molecule has 0 amide bonds. The lowest BCUT2D eigenvalue weighted by Gasteiger charge is -2.34. The Bertz CT molecular complexity index is 997. The third-order valence-electron chi connectivity index (χ3n) is 5.75. The van der Waals surface area contributed by atoms with E-state index in [-0.39, 0.29) is 5.78 Å². The Hall–Kier alpha value is -2.92. The number of nitrogens with two attached hydrogens (primary N) is 1. The number of ketones is 1. The third kappa shape index (κ3) is 3.02. The maximum absolute atomic E-state index is 13.3. The second kappa shape index (κ2) is 7.24. The lowest BCUT2D eigenvalue weighted by atomic mass is 9.82. The van der Waals surface area contributed by atoms with Crippen LogP contribution in [0.15, 0.2) is 53.2 Å². The van der Waals surface area contributed by atoms with Crippen molar-refractivity contribution >= 4 is 22.8 Å². The Morgan fingerprint density at radius 3 is 2.29 bits per heavy atom. The number of Topliss-reactive ketones (excluding diaryl/α,β-unsaturated/α-hetero) is 1. The summed E-state index contributed by atoms with van der Waals surface area (Å²) in [7, 11) is 3.87. The SMILES string of the molecule is C/N=C1\C(N)=C(c2ccc(N3CCN(C)CC3)cc2C)C(=O)c2ccccc21. The van der Waals surface area contributed by atoms with Crippen LogP contribution >= 0.6 is 0 Å². The first-order valence-electron chi connectivity index (χ1n) is 9.66. The number of hydrogen-bond acceptors (Lipinski definition) is 5. The fourth-order valence-corrected chi connectivity index (χ4v) is 4.11. The van der Waals surface area contributed by atoms with E-state index in [1.54, 1.807) is 7.05 Å². The van der Waals surface area contributed by atoms with Crippen LogP contribution in [0.4, 0.5) is 5.69 Å². The van der Waals surface area contributed by atoms with Crippen molar-refractivity contribution in [3.05, 3.63) is 70.4 Å². The number of likely N-dealkylation sites (N-methyl/N-ethyl adjacent to an activating group) is 1. The predicted octanol–water partition coefficient (Wildman–Crippen LogP) is 2.73. The first-order valence-corrected chi connectivity index (χ1v) is 9.66. The molecule has 0 unspecified atom stereocenters. The molecule has 2 aliphatic rings. The number of aliphatic imine (C=N–C) groups is 1. The van der Waals surface area contributed by atoms with Gasteiger partial charge in [-0.2, -0.15) is 0 Å². The number of allylic oxidation sites excluding steroid dienone is 2. The summed E-state index contributed by atoms with van der Waals surface area (Å²) in [5.74, 6) is -0.0315. The Balaban J connectivity index is 1.75. The standard InChI is InChI=1S/C23H26N4O/c1-15-14-16(27-12-10-26(3)11-13-27)8-9-17(15)20-21(24)22(25-2)18-6-4-5-7-19(18)23(20)28/h4-9,14H,10-13,24H2,1-3H3/b25-22-. The molecule has 1 fully saturated rings. The molecular formula is C23H26N4O. The van der Waals surface area contributed by atoms with Crippen LogP contribution in [0, 0.1) is 6.92 Å². The van der Waals surface area contributed by atoms with Crippen LogP contribution < -0.4 is 10.6 Å². The molecule has 0 aromatic heterocycles. The van der Waals surface area contributed by atoms with Gasteiger partial charge in [0.1, 0.15) is 0 Å². The van der Waals surface area contributed by atoms with Crippen LogP contribution in [0.5, 0.6) is 0 Å². The first kappa shape index (κ1) is 18.4. The number of aryl methyl sites for hydroxylation is 1. The number of carbonyl (C=O) groups is 1. The zero-order chi connectivity index (χ0) is 19.8. The molecule has 1 aliphatic heterocycles. The van der Waals surface area contributed by atoms with Gasteiger partial charge in [0.15, 0.2) is 5.78 Å². The number of fused-ring (bicyclic) bond motifs is 1. The summed E-state index contributed by atoms with van der Waals surface area (Å²) in [4.78, 5) is 22.4. The van der Waals surface area contributed by atoms with Crippen LogP contribution in [-0.2, 0) is 0 Å². The Labute approximate surface area is 166 Å². The van der Waals surface area contributed by atoms with E-state index in [4.69, 9.17) is 5.73 Å². The van der Waals surface area contributed by atoms with E-state index >= 15 is 0 Å². The van der Waals surface area contributed by atoms with E-state index < -0.39 is 0 Å². The normalized spacial score (nSPS) is 19.3. The number of nitrogens with zero attached hydrogens (tertiary/aromatic N) is 3. The van der Waals surface area contributed by atoms with Crippen LogP contribution in [0.3, 0.4) is 0 Å². The van der Waals surface area contributed by atoms with Gasteiger partial charge < -0.3 is 15.5 Å². The van der Waals surface area contributed by atoms with E-state index in [1.165, 1.54) is 5.69 Å². The summed E-state index contributed by atoms with van der Waals surface area (Å²) in [6.45, 7) is 6.19. The highest BCUT2D eigenvalue weighted by molar-refractivity contribution is 6.41. The molecule has 1 heterocycles. The fraction of sp³-hybridized carbons (Fsp3) is 0.304. The Morgan fingerprint density at radius 1 is 0.964 bits per heavy atom. The molecule has 2 N–H and O–H groups in total. The maximum atomic E-state index is 13.3. The molecule has 5 nitrogen and oxygen atoms in total. The smallest absolute Gasteiger partial charge is 0.196 e. The topological polar surface area (TPSA) is 61.9 Å². The highest BCUT2D eigenvalue weighted by Crippen LogP contribution is 2.33. The van der Waals surface area contributed by atoms with Crippen molar-refractivity contribution in [2.75, 3.05) is 45.2 Å². The van der Waals surface area contributed by atoms with Crippen molar-refractivity contribution in [2.24, 2.45) is 10.7 Å². The molecule has 0 atom stereocenters. The monoisotopic (exact) mass is 374 g/mol. The summed E-state index contributed by atoms with van der Waals surface area (Å²) < 4.78 is 0. The molecule has 4 rings (SSSR count). The number of carbonyl (C=O) groups excluding carboxylic acids is 1. The highest BCUT2D eigenvalue weighted by Gasteiger charge is 2.30. The Morgan fingerprint density at radius 2 is 1.64 bits per heavy atom. The van der Waals surface area contributed by atoms with Crippen LogP contribution in [0.2, 0.25) is 0 Å². The predicted molar refractivity (Wildman–Crippen MR) is 115 cm³/mol. The third-order valence-corrected chi connectivity index (χ3v) is 5.75. The molecule has 0 bridgehead atoms. The highest BCUT2D eigenvalue weighted by atomic mass is 16.1. The minimum Gasteiger partial charge on any atom is -0.396 e. The molecular weight excluding hydrogens is 348 g/mol. The zero-order valence-electron chi connectivity index (χ0n) is 16.7. The zero-order valence-corrected chi connectivity index (χ0v) is 16.7. The molecule has 1 aliphatic carbocycles. The first-order chi connectivity index (χ1) is 13.5. The van der Waals surface area contributed by atoms with Crippen molar-refractivity contribution in [3.8, 4) is 0 Å². The summed E-state index contributed by atoms with van der Waals surface area (Å²) in [6.07, 6.45) is 0. The maximum Gasteiger partial charge on any atom is 0.196 e. The van der Waals surface area contributed by atoms with Crippen molar-refractivity contribution < 1.29 is 4.79 Å². The van der Waals surface area contributed by atoms with E-state index in [0.29, 0.717) is 22.5 Å². The summed E-state index contributed by atoms with van der Waals surface area (Å²) in [5.41, 5.74) is 12.8. The van der Waals surface area contributed by atoms with E-state index in [1.807, 2.05) is 37.3 Å². The summed E-state index contributed by atoms with van der Waals surface area (Å²) in [6, 6.07) is 13.8. The Kier molecular flexibility index (Phi) is 4.77. The largest absolute Gasteiger partial charge is 0.396 e. The lowest BCUT2D eigenvalue weighted by Crippen LogP contribution is -2.44. The molecule has 1 saturated heterocycles. The van der Waals surface area contributed by atoms with E-state index in [0.717, 1.165) is 42.9 Å². The van der Waals surface area contributed by atoms with Crippen molar-refractivity contribution in [2.45, 2.75) is 6.92 Å². The summed E-state index contributed by atoms with van der Waals surface area (Å²) >= 11 is 0. The van der Waals surface area contributed by atoms with Crippen molar-refractivity contribution in [1.82, 2.24) is 4.90 Å². The minimum absolute atomic E-state index is 0.0315. The number of anilines is 1. The number of rotatable bonds is 2. The molecule has 144 valence electrons. The minimum atomic E-state index is -0.0315. The van der Waals surface area contributed by atoms with Gasteiger partial charge in [-0.05, 0) is 37.2 Å². The van der Waals surface area contributed by atoms with Gasteiger partial charge in [0.05, 0.1) is 17.0 Å². The molecule has 5 heteroatoms.